The molecule has 1 aromatic carbocycles. The highest BCUT2D eigenvalue weighted by molar-refractivity contribution is 5.70. The maximum atomic E-state index is 5.65. The first-order valence-electron chi connectivity index (χ1n) is 5.91. The molecule has 0 amide bonds. The Kier molecular flexibility index (Phi) is 3.03. The summed E-state index contributed by atoms with van der Waals surface area (Å²) in [6.07, 6.45) is 0. The van der Waals surface area contributed by atoms with Crippen LogP contribution in [0.15, 0.2) is 24.3 Å². The second-order valence-electron chi connectivity index (χ2n) is 5.37. The van der Waals surface area contributed by atoms with Crippen molar-refractivity contribution >= 4 is 5.82 Å². The maximum absolute atomic E-state index is 5.65. The second-order valence-corrected chi connectivity index (χ2v) is 5.37. The minimum Gasteiger partial charge on any atom is -0.496 e. The number of ether oxygens (including phenoxy) is 1. The number of nitrogens with zero attached hydrogens (tertiary/aromatic N) is 1. The Hall–Kier alpha value is -1.97. The van der Waals surface area contributed by atoms with Crippen molar-refractivity contribution in [2.45, 2.75) is 26.2 Å². The normalized spacial score (nSPS) is 11.6. The van der Waals surface area contributed by atoms with Crippen LogP contribution in [0.25, 0.3) is 11.3 Å². The minimum absolute atomic E-state index is 0.0899. The van der Waals surface area contributed by atoms with E-state index >= 15 is 0 Å². The fourth-order valence-electron chi connectivity index (χ4n) is 1.86. The van der Waals surface area contributed by atoms with Crippen molar-refractivity contribution in [2.24, 2.45) is 0 Å². The van der Waals surface area contributed by atoms with E-state index in [4.69, 9.17) is 10.5 Å². The van der Waals surface area contributed by atoms with Crippen molar-refractivity contribution in [3.63, 3.8) is 0 Å². The Morgan fingerprint density at radius 2 is 1.94 bits per heavy atom. The molecule has 0 radical (unpaired) electrons. The molecule has 0 aliphatic heterocycles. The summed E-state index contributed by atoms with van der Waals surface area (Å²) in [5, 5.41) is 6.88. The van der Waals surface area contributed by atoms with Crippen LogP contribution in [-0.4, -0.2) is 17.3 Å². The van der Waals surface area contributed by atoms with Crippen LogP contribution in [-0.2, 0) is 5.41 Å². The number of nitrogens with one attached hydrogen (secondary N) is 1. The van der Waals surface area contributed by atoms with E-state index in [-0.39, 0.29) is 5.41 Å². The van der Waals surface area contributed by atoms with E-state index in [2.05, 4.69) is 43.1 Å². The highest BCUT2D eigenvalue weighted by atomic mass is 16.5. The molecule has 0 saturated carbocycles. The summed E-state index contributed by atoms with van der Waals surface area (Å²) >= 11 is 0. The molecule has 4 nitrogen and oxygen atoms in total. The lowest BCUT2D eigenvalue weighted by Crippen LogP contribution is -2.11. The lowest BCUT2D eigenvalue weighted by molar-refractivity contribution is 0.415. The average molecular weight is 245 g/mol. The number of H-pyrrole nitrogens is 1. The summed E-state index contributed by atoms with van der Waals surface area (Å²) in [5.74, 6) is 1.29. The molecule has 96 valence electrons. The molecular formula is C14H19N3O. The van der Waals surface area contributed by atoms with Crippen LogP contribution in [0.1, 0.15) is 26.3 Å². The molecule has 0 saturated heterocycles. The lowest BCUT2D eigenvalue weighted by Gasteiger charge is -2.20. The predicted octanol–water partition coefficient (Wildman–Crippen LogP) is 2.97. The number of aromatic nitrogens is 2. The summed E-state index contributed by atoms with van der Waals surface area (Å²) < 4.78 is 5.39. The molecule has 0 fully saturated rings. The van der Waals surface area contributed by atoms with Gasteiger partial charge in [-0.1, -0.05) is 26.8 Å². The van der Waals surface area contributed by atoms with E-state index in [1.807, 2.05) is 12.1 Å². The van der Waals surface area contributed by atoms with Gasteiger partial charge in [0, 0.05) is 11.6 Å². The minimum atomic E-state index is 0.0899. The van der Waals surface area contributed by atoms with Crippen LogP contribution in [0.3, 0.4) is 0 Å². The highest BCUT2D eigenvalue weighted by Gasteiger charge is 2.17. The van der Waals surface area contributed by atoms with Crippen molar-refractivity contribution in [3.8, 4) is 17.0 Å². The molecule has 4 heteroatoms. The molecule has 0 spiro atoms. The molecule has 0 aliphatic carbocycles. The second kappa shape index (κ2) is 4.37. The zero-order valence-electron chi connectivity index (χ0n) is 11.2. The molecule has 0 unspecified atom stereocenters. The van der Waals surface area contributed by atoms with Gasteiger partial charge in [0.15, 0.2) is 0 Å². The van der Waals surface area contributed by atoms with Crippen molar-refractivity contribution in [3.05, 3.63) is 29.8 Å². The van der Waals surface area contributed by atoms with Crippen molar-refractivity contribution in [1.82, 2.24) is 10.2 Å². The molecule has 2 aromatic rings. The van der Waals surface area contributed by atoms with Gasteiger partial charge < -0.3 is 10.5 Å². The summed E-state index contributed by atoms with van der Waals surface area (Å²) in [5.41, 5.74) is 8.83. The van der Waals surface area contributed by atoms with Crippen molar-refractivity contribution in [2.75, 3.05) is 12.8 Å². The zero-order chi connectivity index (χ0) is 13.3. The van der Waals surface area contributed by atoms with E-state index in [1.54, 1.807) is 7.11 Å². The first kappa shape index (κ1) is 12.5. The van der Waals surface area contributed by atoms with Gasteiger partial charge in [-0.25, -0.2) is 0 Å². The summed E-state index contributed by atoms with van der Waals surface area (Å²) in [7, 11) is 1.66. The van der Waals surface area contributed by atoms with Crippen LogP contribution in [0, 0.1) is 0 Å². The molecule has 0 atom stereocenters. The van der Waals surface area contributed by atoms with Gasteiger partial charge in [-0.05, 0) is 23.1 Å². The van der Waals surface area contributed by atoms with E-state index in [1.165, 1.54) is 5.56 Å². The number of nitrogen functional groups attached to an aromatic ring is 1. The summed E-state index contributed by atoms with van der Waals surface area (Å²) in [6.45, 7) is 6.54. The third kappa shape index (κ3) is 2.32. The summed E-state index contributed by atoms with van der Waals surface area (Å²) in [6, 6.07) is 7.99. The fourth-order valence-corrected chi connectivity index (χ4v) is 1.86. The molecule has 3 N–H and O–H groups in total. The Morgan fingerprint density at radius 1 is 1.22 bits per heavy atom. The number of hydrogen-bond donors (Lipinski definition) is 2. The molecule has 0 bridgehead atoms. The summed E-state index contributed by atoms with van der Waals surface area (Å²) in [4.78, 5) is 0. The van der Waals surface area contributed by atoms with Gasteiger partial charge >= 0.3 is 0 Å². The third-order valence-electron chi connectivity index (χ3n) is 2.95. The van der Waals surface area contributed by atoms with Crippen LogP contribution >= 0.6 is 0 Å². The standard InChI is InChI=1S/C14H19N3O/c1-14(2,3)9-5-6-12(18-4)10(7-9)11-8-13(15)17-16-11/h5-8H,1-4H3,(H3,15,16,17). The Balaban J connectivity index is 2.56. The SMILES string of the molecule is COc1ccc(C(C)(C)C)cc1-c1cc(N)n[nH]1. The first-order chi connectivity index (χ1) is 8.41. The highest BCUT2D eigenvalue weighted by Crippen LogP contribution is 2.34. The number of anilines is 1. The third-order valence-corrected chi connectivity index (χ3v) is 2.95. The van der Waals surface area contributed by atoms with Crippen molar-refractivity contribution < 1.29 is 4.74 Å². The topological polar surface area (TPSA) is 63.9 Å². The Bertz CT molecular complexity index is 552. The molecule has 0 aliphatic rings. The number of aromatic amines is 1. The van der Waals surface area contributed by atoms with Crippen molar-refractivity contribution in [1.29, 1.82) is 0 Å². The first-order valence-corrected chi connectivity index (χ1v) is 5.91. The van der Waals surface area contributed by atoms with Gasteiger partial charge in [-0.2, -0.15) is 5.10 Å². The van der Waals surface area contributed by atoms with Gasteiger partial charge in [0.25, 0.3) is 0 Å². The van der Waals surface area contributed by atoms with Gasteiger partial charge in [0.05, 0.1) is 12.8 Å². The number of hydrogen-bond acceptors (Lipinski definition) is 3. The predicted molar refractivity (Wildman–Crippen MR) is 73.7 cm³/mol. The maximum Gasteiger partial charge on any atom is 0.145 e. The Morgan fingerprint density at radius 3 is 2.44 bits per heavy atom. The van der Waals surface area contributed by atoms with E-state index in [0.29, 0.717) is 5.82 Å². The van der Waals surface area contributed by atoms with E-state index in [0.717, 1.165) is 17.0 Å². The smallest absolute Gasteiger partial charge is 0.145 e. The van der Waals surface area contributed by atoms with Crippen LogP contribution in [0.4, 0.5) is 5.82 Å². The lowest BCUT2D eigenvalue weighted by atomic mass is 9.85. The van der Waals surface area contributed by atoms with E-state index < -0.39 is 0 Å². The largest absolute Gasteiger partial charge is 0.496 e. The molecular weight excluding hydrogens is 226 g/mol. The fraction of sp³-hybridized carbons (Fsp3) is 0.357. The Labute approximate surface area is 107 Å². The van der Waals surface area contributed by atoms with Gasteiger partial charge in [-0.3, -0.25) is 5.10 Å². The number of methoxy groups -OCH3 is 1. The van der Waals surface area contributed by atoms with Gasteiger partial charge in [-0.15, -0.1) is 0 Å². The average Bonchev–Trinajstić information content (AvgIpc) is 2.73. The zero-order valence-corrected chi connectivity index (χ0v) is 11.2. The molecule has 18 heavy (non-hydrogen) atoms. The monoisotopic (exact) mass is 245 g/mol. The number of nitrogens with two attached hydrogens (primary N) is 1. The van der Waals surface area contributed by atoms with Gasteiger partial charge in [0.2, 0.25) is 0 Å². The number of benzene rings is 1. The van der Waals surface area contributed by atoms with E-state index in [9.17, 15) is 0 Å². The van der Waals surface area contributed by atoms with Gasteiger partial charge in [0.1, 0.15) is 11.6 Å². The van der Waals surface area contributed by atoms with Crippen LogP contribution < -0.4 is 10.5 Å². The molecule has 2 rings (SSSR count). The van der Waals surface area contributed by atoms with Crippen LogP contribution in [0.5, 0.6) is 5.75 Å². The number of rotatable bonds is 2. The molecule has 1 aromatic heterocycles. The quantitative estimate of drug-likeness (QED) is 0.855. The van der Waals surface area contributed by atoms with Crippen LogP contribution in [0.2, 0.25) is 0 Å². The molecule has 1 heterocycles.